The van der Waals surface area contributed by atoms with Crippen LogP contribution in [0.15, 0.2) is 42.6 Å². The molecule has 148 valence electrons. The third-order valence-electron chi connectivity index (χ3n) is 4.04. The lowest BCUT2D eigenvalue weighted by Gasteiger charge is -2.36. The van der Waals surface area contributed by atoms with Gasteiger partial charge in [-0.3, -0.25) is 9.78 Å². The average molecular weight is 443 g/mol. The normalized spacial score (nSPS) is 16.9. The summed E-state index contributed by atoms with van der Waals surface area (Å²) in [6, 6.07) is 8.93. The van der Waals surface area contributed by atoms with Crippen molar-refractivity contribution in [2.45, 2.75) is 12.2 Å². The molecular weight excluding hydrogens is 426 g/mol. The second kappa shape index (κ2) is 9.59. The number of nitrogens with zero attached hydrogens (tertiary/aromatic N) is 2. The number of piperazine rings is 1. The lowest BCUT2D eigenvalue weighted by Crippen LogP contribution is -2.48. The van der Waals surface area contributed by atoms with Gasteiger partial charge in [0.15, 0.2) is 0 Å². The van der Waals surface area contributed by atoms with Crippen molar-refractivity contribution in [2.75, 3.05) is 19.6 Å². The zero-order valence-corrected chi connectivity index (χ0v) is 16.3. The van der Waals surface area contributed by atoms with E-state index in [2.05, 4.69) is 10.3 Å². The summed E-state index contributed by atoms with van der Waals surface area (Å²) in [5.74, 6) is -0.354. The van der Waals surface area contributed by atoms with Crippen molar-refractivity contribution >= 4 is 42.3 Å². The van der Waals surface area contributed by atoms with E-state index >= 15 is 0 Å². The molecule has 1 unspecified atom stereocenters. The second-order valence-electron chi connectivity index (χ2n) is 5.70. The van der Waals surface area contributed by atoms with Gasteiger partial charge in [0.05, 0.1) is 11.6 Å². The van der Waals surface area contributed by atoms with Crippen molar-refractivity contribution in [1.82, 2.24) is 15.2 Å². The summed E-state index contributed by atoms with van der Waals surface area (Å²) >= 11 is 6.03. The molecule has 1 atom stereocenters. The van der Waals surface area contributed by atoms with E-state index in [1.54, 1.807) is 23.1 Å². The predicted molar refractivity (Wildman–Crippen MR) is 102 cm³/mol. The van der Waals surface area contributed by atoms with Crippen LogP contribution in [0.2, 0.25) is 5.02 Å². The van der Waals surface area contributed by atoms with E-state index in [9.17, 15) is 18.0 Å². The molecule has 2 aromatic rings. The quantitative estimate of drug-likeness (QED) is 0.750. The Morgan fingerprint density at radius 1 is 1.22 bits per heavy atom. The van der Waals surface area contributed by atoms with Crippen molar-refractivity contribution in [2.24, 2.45) is 0 Å². The molecule has 0 radical (unpaired) electrons. The van der Waals surface area contributed by atoms with Crippen LogP contribution in [-0.4, -0.2) is 35.4 Å². The van der Waals surface area contributed by atoms with E-state index < -0.39 is 11.9 Å². The van der Waals surface area contributed by atoms with Gasteiger partial charge in [-0.05, 0) is 29.8 Å². The molecule has 2 heterocycles. The molecule has 1 fully saturated rings. The number of aromatic nitrogens is 1. The fourth-order valence-corrected chi connectivity index (χ4v) is 3.01. The summed E-state index contributed by atoms with van der Waals surface area (Å²) in [6.45, 7) is 1.59. The number of amides is 1. The van der Waals surface area contributed by atoms with Crippen LogP contribution in [0.4, 0.5) is 13.2 Å². The van der Waals surface area contributed by atoms with Gasteiger partial charge in [0.2, 0.25) is 0 Å². The molecule has 0 saturated carbocycles. The second-order valence-corrected chi connectivity index (χ2v) is 6.14. The molecule has 4 nitrogen and oxygen atoms in total. The van der Waals surface area contributed by atoms with Gasteiger partial charge < -0.3 is 10.2 Å². The third-order valence-corrected chi connectivity index (χ3v) is 4.27. The standard InChI is InChI=1S/C17H15ClF3N3O.2ClH/c18-13-3-1-2-11(8-13)14-10-22-6-7-24(14)16(25)12-4-5-15(23-9-12)17(19,20)21;;/h1-5,8-9,14,22H,6-7,10H2;2*1H. The summed E-state index contributed by atoms with van der Waals surface area (Å²) < 4.78 is 37.9. The number of hydrogen-bond donors (Lipinski definition) is 1. The number of carbonyl (C=O) groups is 1. The Morgan fingerprint density at radius 3 is 2.56 bits per heavy atom. The van der Waals surface area contributed by atoms with Crippen LogP contribution in [0.1, 0.15) is 27.7 Å². The molecular formula is C17H17Cl3F3N3O. The van der Waals surface area contributed by atoms with Crippen LogP contribution in [0, 0.1) is 0 Å². The van der Waals surface area contributed by atoms with Crippen molar-refractivity contribution < 1.29 is 18.0 Å². The number of nitrogens with one attached hydrogen (secondary N) is 1. The lowest BCUT2D eigenvalue weighted by molar-refractivity contribution is -0.141. The first-order valence-electron chi connectivity index (χ1n) is 7.66. The van der Waals surface area contributed by atoms with Crippen molar-refractivity contribution in [3.63, 3.8) is 0 Å². The topological polar surface area (TPSA) is 45.2 Å². The SMILES string of the molecule is Cl.Cl.O=C(c1ccc(C(F)(F)F)nc1)N1CCNCC1c1cccc(Cl)c1. The monoisotopic (exact) mass is 441 g/mol. The Balaban J connectivity index is 0.00000182. The zero-order valence-electron chi connectivity index (χ0n) is 13.9. The maximum Gasteiger partial charge on any atom is 0.433 e. The maximum atomic E-state index is 12.8. The van der Waals surface area contributed by atoms with E-state index in [1.165, 1.54) is 0 Å². The summed E-state index contributed by atoms with van der Waals surface area (Å²) in [4.78, 5) is 17.8. The van der Waals surface area contributed by atoms with E-state index in [0.717, 1.165) is 23.9 Å². The molecule has 1 aliphatic heterocycles. The number of pyridine rings is 1. The summed E-state index contributed by atoms with van der Waals surface area (Å²) in [7, 11) is 0. The van der Waals surface area contributed by atoms with Crippen LogP contribution in [0.25, 0.3) is 0 Å². The molecule has 0 spiro atoms. The highest BCUT2D eigenvalue weighted by molar-refractivity contribution is 6.30. The molecule has 1 N–H and O–H groups in total. The summed E-state index contributed by atoms with van der Waals surface area (Å²) in [5.41, 5.74) is -0.0226. The first kappa shape index (κ1) is 23.5. The summed E-state index contributed by atoms with van der Waals surface area (Å²) in [6.07, 6.45) is -3.55. The lowest BCUT2D eigenvalue weighted by atomic mass is 10.0. The van der Waals surface area contributed by atoms with Crippen LogP contribution >= 0.6 is 36.4 Å². The van der Waals surface area contributed by atoms with Gasteiger partial charge in [-0.15, -0.1) is 24.8 Å². The Bertz CT molecular complexity index is 772. The highest BCUT2D eigenvalue weighted by atomic mass is 35.5. The van der Waals surface area contributed by atoms with Gasteiger partial charge in [-0.1, -0.05) is 23.7 Å². The first-order valence-corrected chi connectivity index (χ1v) is 8.04. The number of benzene rings is 1. The van der Waals surface area contributed by atoms with E-state index in [0.29, 0.717) is 24.7 Å². The smallest absolute Gasteiger partial charge is 0.329 e. The van der Waals surface area contributed by atoms with Gasteiger partial charge >= 0.3 is 6.18 Å². The number of rotatable bonds is 2. The average Bonchev–Trinajstić information content (AvgIpc) is 2.60. The van der Waals surface area contributed by atoms with Crippen LogP contribution < -0.4 is 5.32 Å². The first-order chi connectivity index (χ1) is 11.9. The van der Waals surface area contributed by atoms with E-state index in [4.69, 9.17) is 11.6 Å². The zero-order chi connectivity index (χ0) is 18.0. The van der Waals surface area contributed by atoms with Crippen molar-refractivity contribution in [3.05, 3.63) is 64.4 Å². The van der Waals surface area contributed by atoms with Gasteiger partial charge in [0, 0.05) is 30.9 Å². The van der Waals surface area contributed by atoms with Crippen LogP contribution in [0.3, 0.4) is 0 Å². The summed E-state index contributed by atoms with van der Waals surface area (Å²) in [5, 5.41) is 3.78. The number of hydrogen-bond acceptors (Lipinski definition) is 3. The molecule has 1 saturated heterocycles. The Labute approximate surface area is 171 Å². The van der Waals surface area contributed by atoms with Crippen molar-refractivity contribution in [3.8, 4) is 0 Å². The predicted octanol–water partition coefficient (Wildman–Crippen LogP) is 4.38. The highest BCUT2D eigenvalue weighted by Crippen LogP contribution is 2.29. The van der Waals surface area contributed by atoms with Crippen molar-refractivity contribution in [1.29, 1.82) is 0 Å². The number of alkyl halides is 3. The number of halogens is 6. The van der Waals surface area contributed by atoms with Gasteiger partial charge in [-0.25, -0.2) is 0 Å². The molecule has 0 aliphatic carbocycles. The molecule has 1 amide bonds. The molecule has 3 rings (SSSR count). The van der Waals surface area contributed by atoms with Gasteiger partial charge in [-0.2, -0.15) is 13.2 Å². The molecule has 1 aromatic heterocycles. The van der Waals surface area contributed by atoms with Gasteiger partial charge in [0.1, 0.15) is 5.69 Å². The molecule has 1 aliphatic rings. The highest BCUT2D eigenvalue weighted by Gasteiger charge is 2.33. The van der Waals surface area contributed by atoms with Crippen LogP contribution in [-0.2, 0) is 6.18 Å². The third kappa shape index (κ3) is 5.48. The fraction of sp³-hybridized carbons (Fsp3) is 0.294. The minimum absolute atomic E-state index is 0. The van der Waals surface area contributed by atoms with Crippen LogP contribution in [0.5, 0.6) is 0 Å². The van der Waals surface area contributed by atoms with E-state index in [1.807, 2.05) is 6.07 Å². The Kier molecular flexibility index (Phi) is 8.35. The molecule has 0 bridgehead atoms. The molecule has 27 heavy (non-hydrogen) atoms. The largest absolute Gasteiger partial charge is 0.433 e. The molecule has 1 aromatic carbocycles. The van der Waals surface area contributed by atoms with Gasteiger partial charge in [0.25, 0.3) is 5.91 Å². The molecule has 10 heteroatoms. The minimum Gasteiger partial charge on any atom is -0.329 e. The Hall–Kier alpha value is -1.54. The number of carbonyl (C=O) groups excluding carboxylic acids is 1. The minimum atomic E-state index is -4.53. The fourth-order valence-electron chi connectivity index (χ4n) is 2.81. The van der Waals surface area contributed by atoms with E-state index in [-0.39, 0.29) is 42.3 Å². The Morgan fingerprint density at radius 2 is 1.96 bits per heavy atom. The maximum absolute atomic E-state index is 12.8.